The molecule has 3 heterocycles. The number of ether oxygens (including phenoxy) is 5. The van der Waals surface area contributed by atoms with E-state index in [1.807, 2.05) is 0 Å². The lowest BCUT2D eigenvalue weighted by Gasteiger charge is -2.32. The molecule has 0 amide bonds. The van der Waals surface area contributed by atoms with Crippen molar-refractivity contribution < 1.29 is 38.1 Å². The van der Waals surface area contributed by atoms with Gasteiger partial charge in [-0.2, -0.15) is 0 Å². The fraction of sp³-hybridized carbons (Fsp3) is 0.471. The zero-order valence-electron chi connectivity index (χ0n) is 13.1. The monoisotopic (exact) mass is 346 g/mol. The molecule has 0 radical (unpaired) electrons. The molecule has 3 fully saturated rings. The summed E-state index contributed by atoms with van der Waals surface area (Å²) in [5.74, 6) is -8.39. The summed E-state index contributed by atoms with van der Waals surface area (Å²) < 4.78 is 27.8. The summed E-state index contributed by atoms with van der Waals surface area (Å²) in [5.41, 5.74) is 0.844. The lowest BCUT2D eigenvalue weighted by Crippen LogP contribution is -2.46. The molecule has 0 bridgehead atoms. The van der Waals surface area contributed by atoms with Crippen LogP contribution in [-0.2, 0) is 49.6 Å². The first-order chi connectivity index (χ1) is 12.1. The largest absolute Gasteiger partial charge is 0.392 e. The molecule has 0 N–H and O–H groups in total. The number of esters is 2. The van der Waals surface area contributed by atoms with Gasteiger partial charge in [0.2, 0.25) is 11.6 Å². The highest BCUT2D eigenvalue weighted by Gasteiger charge is 2.70. The molecule has 4 aliphatic rings. The Labute approximate surface area is 141 Å². The third-order valence-corrected chi connectivity index (χ3v) is 5.13. The zero-order chi connectivity index (χ0) is 17.2. The van der Waals surface area contributed by atoms with Crippen LogP contribution in [0.15, 0.2) is 24.3 Å². The minimum atomic E-state index is -1.76. The minimum Gasteiger partial charge on any atom is -0.392 e. The number of hydrogen-bond donors (Lipinski definition) is 0. The predicted octanol–water partition coefficient (Wildman–Crippen LogP) is -0.0157. The number of carbonyl (C=O) groups excluding carboxylic acids is 3. The smallest absolute Gasteiger partial charge is 0.325 e. The highest BCUT2D eigenvalue weighted by molar-refractivity contribution is 6.13. The number of hydrogen-bond acceptors (Lipinski definition) is 8. The first-order valence-corrected chi connectivity index (χ1v) is 8.06. The van der Waals surface area contributed by atoms with Crippen LogP contribution in [-0.4, -0.2) is 44.1 Å². The van der Waals surface area contributed by atoms with Crippen molar-refractivity contribution in [1.82, 2.24) is 0 Å². The van der Waals surface area contributed by atoms with Gasteiger partial charge in [0.05, 0.1) is 26.4 Å². The van der Waals surface area contributed by atoms with Crippen molar-refractivity contribution in [1.29, 1.82) is 0 Å². The molecule has 3 saturated heterocycles. The fourth-order valence-electron chi connectivity index (χ4n) is 4.18. The minimum absolute atomic E-state index is 0.190. The maximum atomic E-state index is 13.3. The van der Waals surface area contributed by atoms with Gasteiger partial charge in [0.1, 0.15) is 11.8 Å². The summed E-state index contributed by atoms with van der Waals surface area (Å²) in [5, 5.41) is 0. The molecule has 5 rings (SSSR count). The van der Waals surface area contributed by atoms with E-state index in [1.165, 1.54) is 0 Å². The van der Waals surface area contributed by atoms with Crippen LogP contribution in [0.1, 0.15) is 11.1 Å². The van der Waals surface area contributed by atoms with E-state index in [9.17, 15) is 14.4 Å². The van der Waals surface area contributed by atoms with Crippen LogP contribution in [0, 0.1) is 11.8 Å². The van der Waals surface area contributed by atoms with E-state index in [4.69, 9.17) is 23.7 Å². The summed E-state index contributed by atoms with van der Waals surface area (Å²) >= 11 is 0. The third kappa shape index (κ3) is 1.72. The van der Waals surface area contributed by atoms with Gasteiger partial charge in [0, 0.05) is 11.1 Å². The Morgan fingerprint density at radius 3 is 2.08 bits per heavy atom. The highest BCUT2D eigenvalue weighted by atomic mass is 16.8. The number of Topliss-reactive ketones (excluding diaryl/α,β-unsaturated/α-hetero) is 1. The molecule has 2 spiro atoms. The van der Waals surface area contributed by atoms with Crippen molar-refractivity contribution in [2.75, 3.05) is 26.4 Å². The Kier molecular flexibility index (Phi) is 3.00. The van der Waals surface area contributed by atoms with Crippen molar-refractivity contribution >= 4 is 17.7 Å². The lowest BCUT2D eigenvalue weighted by molar-refractivity contribution is -0.213. The van der Waals surface area contributed by atoms with Gasteiger partial charge in [-0.1, -0.05) is 24.3 Å². The van der Waals surface area contributed by atoms with Crippen molar-refractivity contribution in [3.05, 3.63) is 35.4 Å². The molecule has 1 aliphatic carbocycles. The van der Waals surface area contributed by atoms with Gasteiger partial charge in [-0.05, 0) is 0 Å². The fourth-order valence-corrected chi connectivity index (χ4v) is 4.18. The molecule has 0 unspecified atom stereocenters. The number of cyclic esters (lactones) is 2. The maximum absolute atomic E-state index is 13.3. The van der Waals surface area contributed by atoms with Crippen LogP contribution in [0.4, 0.5) is 0 Å². The van der Waals surface area contributed by atoms with Gasteiger partial charge < -0.3 is 23.7 Å². The van der Waals surface area contributed by atoms with E-state index in [-0.39, 0.29) is 26.4 Å². The highest BCUT2D eigenvalue weighted by Crippen LogP contribution is 2.54. The van der Waals surface area contributed by atoms with Crippen LogP contribution in [0.3, 0.4) is 0 Å². The predicted molar refractivity (Wildman–Crippen MR) is 76.7 cm³/mol. The second-order valence-corrected chi connectivity index (χ2v) is 6.28. The SMILES string of the molecule is O=C1OC(=O)[C@H]2[C@@H]1C(=O)C1(OCCO1)c1ccccc1C21OCCO1. The Morgan fingerprint density at radius 2 is 1.40 bits per heavy atom. The van der Waals surface area contributed by atoms with E-state index in [1.54, 1.807) is 24.3 Å². The molecular formula is C17H14O8. The molecule has 0 saturated carbocycles. The Hall–Kier alpha value is -2.13. The average molecular weight is 346 g/mol. The number of ketones is 1. The van der Waals surface area contributed by atoms with Gasteiger partial charge in [-0.15, -0.1) is 0 Å². The van der Waals surface area contributed by atoms with Crippen LogP contribution in [0.2, 0.25) is 0 Å². The van der Waals surface area contributed by atoms with Crippen molar-refractivity contribution in [2.24, 2.45) is 11.8 Å². The molecule has 25 heavy (non-hydrogen) atoms. The van der Waals surface area contributed by atoms with Crippen LogP contribution in [0.5, 0.6) is 0 Å². The Balaban J connectivity index is 1.84. The molecule has 8 nitrogen and oxygen atoms in total. The number of rotatable bonds is 0. The van der Waals surface area contributed by atoms with E-state index >= 15 is 0 Å². The number of benzene rings is 1. The summed E-state index contributed by atoms with van der Waals surface area (Å²) in [7, 11) is 0. The molecule has 1 aromatic rings. The second kappa shape index (κ2) is 4.95. The summed E-state index contributed by atoms with van der Waals surface area (Å²) in [6.45, 7) is 0.828. The third-order valence-electron chi connectivity index (χ3n) is 5.13. The summed E-state index contributed by atoms with van der Waals surface area (Å²) in [6.07, 6.45) is 0. The quantitative estimate of drug-likeness (QED) is 0.478. The van der Waals surface area contributed by atoms with Crippen LogP contribution < -0.4 is 0 Å². The van der Waals surface area contributed by atoms with Gasteiger partial charge in [0.25, 0.3) is 5.79 Å². The van der Waals surface area contributed by atoms with Crippen LogP contribution in [0.25, 0.3) is 0 Å². The van der Waals surface area contributed by atoms with E-state index in [0.29, 0.717) is 11.1 Å². The molecule has 130 valence electrons. The van der Waals surface area contributed by atoms with E-state index < -0.39 is 41.1 Å². The molecular weight excluding hydrogens is 332 g/mol. The first-order valence-electron chi connectivity index (χ1n) is 8.06. The van der Waals surface area contributed by atoms with Gasteiger partial charge in [0.15, 0.2) is 0 Å². The molecule has 1 aromatic carbocycles. The zero-order valence-corrected chi connectivity index (χ0v) is 13.1. The van der Waals surface area contributed by atoms with Crippen LogP contribution >= 0.6 is 0 Å². The Bertz CT molecular complexity index is 788. The van der Waals surface area contributed by atoms with Crippen molar-refractivity contribution in [2.45, 2.75) is 11.6 Å². The topological polar surface area (TPSA) is 97.4 Å². The van der Waals surface area contributed by atoms with E-state index in [2.05, 4.69) is 0 Å². The first kappa shape index (κ1) is 15.2. The molecule has 2 atom stereocenters. The van der Waals surface area contributed by atoms with Crippen molar-refractivity contribution in [3.8, 4) is 0 Å². The summed E-state index contributed by atoms with van der Waals surface area (Å²) in [4.78, 5) is 38.1. The van der Waals surface area contributed by atoms with Gasteiger partial charge in [-0.25, -0.2) is 0 Å². The van der Waals surface area contributed by atoms with E-state index in [0.717, 1.165) is 0 Å². The standard InChI is InChI=1S/C17H14O8/c18-13-11-12(15(20)25-14(11)19)16(21-5-6-22-16)9-3-1-2-4-10(9)17(13)23-7-8-24-17/h1-4,11-12H,5-8H2/t11-,12-/m1/s1. The van der Waals surface area contributed by atoms with Gasteiger partial charge >= 0.3 is 11.9 Å². The summed E-state index contributed by atoms with van der Waals surface area (Å²) in [6, 6.07) is 6.82. The lowest BCUT2D eigenvalue weighted by atomic mass is 9.83. The molecule has 8 heteroatoms. The molecule has 3 aliphatic heterocycles. The maximum Gasteiger partial charge on any atom is 0.325 e. The Morgan fingerprint density at radius 1 is 0.800 bits per heavy atom. The van der Waals surface area contributed by atoms with Crippen molar-refractivity contribution in [3.63, 3.8) is 0 Å². The normalized spacial score (nSPS) is 31.9. The number of carbonyl (C=O) groups is 3. The average Bonchev–Trinajstić information content (AvgIpc) is 3.32. The van der Waals surface area contributed by atoms with Gasteiger partial charge in [-0.3, -0.25) is 14.4 Å². The number of fused-ring (bicyclic) bond motifs is 5. The second-order valence-electron chi connectivity index (χ2n) is 6.28. The molecule has 0 aromatic heterocycles.